The molecule has 4 rings (SSSR count). The van der Waals surface area contributed by atoms with Gasteiger partial charge >= 0.3 is 0 Å². The Hall–Kier alpha value is -3.46. The summed E-state index contributed by atoms with van der Waals surface area (Å²) in [6, 6.07) is 17.2. The second-order valence-corrected chi connectivity index (χ2v) is 9.94. The lowest BCUT2D eigenvalue weighted by Crippen LogP contribution is -2.27. The Kier molecular flexibility index (Phi) is 8.43. The number of anilines is 1. The van der Waals surface area contributed by atoms with Crippen LogP contribution in [0, 0.1) is 6.92 Å². The van der Waals surface area contributed by atoms with Crippen molar-refractivity contribution in [3.8, 4) is 11.5 Å². The number of carbonyl (C=O) groups excluding carboxylic acids is 3. The Morgan fingerprint density at radius 1 is 1.03 bits per heavy atom. The Labute approximate surface area is 228 Å². The molecule has 1 aliphatic rings. The highest BCUT2D eigenvalue weighted by molar-refractivity contribution is 8.18. The molecule has 0 spiro atoms. The van der Waals surface area contributed by atoms with Gasteiger partial charge in [-0.15, -0.1) is 0 Å². The van der Waals surface area contributed by atoms with E-state index >= 15 is 0 Å². The van der Waals surface area contributed by atoms with Crippen LogP contribution >= 0.6 is 35.0 Å². The fraction of sp³-hybridized carbons (Fsp3) is 0.148. The molecule has 1 aliphatic heterocycles. The maximum absolute atomic E-state index is 12.9. The van der Waals surface area contributed by atoms with E-state index in [1.165, 1.54) is 12.0 Å². The molecule has 0 unspecified atom stereocenters. The number of carbonyl (C=O) groups is 3. The average molecular weight is 557 g/mol. The molecule has 3 amide bonds. The van der Waals surface area contributed by atoms with Crippen molar-refractivity contribution in [2.24, 2.45) is 0 Å². The Bertz CT molecular complexity index is 1390. The quantitative estimate of drug-likeness (QED) is 0.316. The summed E-state index contributed by atoms with van der Waals surface area (Å²) in [5, 5.41) is 3.51. The minimum atomic E-state index is -0.378. The van der Waals surface area contributed by atoms with E-state index in [4.69, 9.17) is 32.7 Å². The van der Waals surface area contributed by atoms with Gasteiger partial charge in [-0.2, -0.15) is 0 Å². The first-order valence-electron chi connectivity index (χ1n) is 11.1. The van der Waals surface area contributed by atoms with Gasteiger partial charge < -0.3 is 14.8 Å². The summed E-state index contributed by atoms with van der Waals surface area (Å²) in [4.78, 5) is 39.1. The predicted octanol–water partition coefficient (Wildman–Crippen LogP) is 6.56. The molecule has 0 atom stereocenters. The maximum Gasteiger partial charge on any atom is 0.293 e. The normalized spacial score (nSPS) is 14.3. The van der Waals surface area contributed by atoms with Crippen LogP contribution in [0.15, 0.2) is 65.6 Å². The van der Waals surface area contributed by atoms with Crippen molar-refractivity contribution < 1.29 is 23.9 Å². The van der Waals surface area contributed by atoms with Crippen molar-refractivity contribution in [3.05, 3.63) is 92.3 Å². The lowest BCUT2D eigenvalue weighted by atomic mass is 10.1. The van der Waals surface area contributed by atoms with E-state index in [0.717, 1.165) is 22.9 Å². The molecule has 1 fully saturated rings. The molecule has 0 saturated carbocycles. The third-order valence-corrected chi connectivity index (χ3v) is 6.99. The zero-order valence-electron chi connectivity index (χ0n) is 19.9. The first-order valence-corrected chi connectivity index (χ1v) is 12.7. The van der Waals surface area contributed by atoms with Gasteiger partial charge in [0, 0.05) is 15.7 Å². The smallest absolute Gasteiger partial charge is 0.293 e. The van der Waals surface area contributed by atoms with E-state index in [9.17, 15) is 14.4 Å². The molecule has 37 heavy (non-hydrogen) atoms. The summed E-state index contributed by atoms with van der Waals surface area (Å²) in [6.07, 6.45) is 1.62. The Balaban J connectivity index is 1.41. The maximum atomic E-state index is 12.9. The largest absolute Gasteiger partial charge is 0.493 e. The number of aryl methyl sites for hydroxylation is 1. The van der Waals surface area contributed by atoms with Crippen LogP contribution in [0.2, 0.25) is 10.0 Å². The van der Waals surface area contributed by atoms with Crippen molar-refractivity contribution in [1.29, 1.82) is 0 Å². The SMILES string of the molecule is COc1cc(/C=C2\SC(=O)N(Cc3ccc(Cl)cc3)C2=O)ccc1OCC(=O)Nc1ccc(C)c(Cl)c1. The summed E-state index contributed by atoms with van der Waals surface area (Å²) in [6.45, 7) is 1.79. The van der Waals surface area contributed by atoms with Crippen molar-refractivity contribution in [2.75, 3.05) is 19.0 Å². The molecule has 7 nitrogen and oxygen atoms in total. The zero-order valence-corrected chi connectivity index (χ0v) is 22.2. The van der Waals surface area contributed by atoms with Crippen molar-refractivity contribution in [2.45, 2.75) is 13.5 Å². The van der Waals surface area contributed by atoms with E-state index in [1.807, 2.05) is 13.0 Å². The molecule has 1 heterocycles. The van der Waals surface area contributed by atoms with Gasteiger partial charge in [0.05, 0.1) is 18.6 Å². The number of rotatable bonds is 8. The molecule has 0 aromatic heterocycles. The molecule has 0 aliphatic carbocycles. The number of hydrogen-bond acceptors (Lipinski definition) is 6. The Morgan fingerprint density at radius 3 is 2.49 bits per heavy atom. The average Bonchev–Trinajstić information content (AvgIpc) is 3.13. The van der Waals surface area contributed by atoms with Crippen LogP contribution < -0.4 is 14.8 Å². The van der Waals surface area contributed by atoms with Crippen LogP contribution in [0.4, 0.5) is 10.5 Å². The lowest BCUT2D eigenvalue weighted by Gasteiger charge is -2.13. The second-order valence-electron chi connectivity index (χ2n) is 8.11. The van der Waals surface area contributed by atoms with E-state index < -0.39 is 0 Å². The molecular weight excluding hydrogens is 535 g/mol. The number of nitrogens with one attached hydrogen (secondary N) is 1. The van der Waals surface area contributed by atoms with E-state index in [2.05, 4.69) is 5.32 Å². The van der Waals surface area contributed by atoms with Crippen molar-refractivity contribution in [1.82, 2.24) is 4.90 Å². The lowest BCUT2D eigenvalue weighted by molar-refractivity contribution is -0.123. The van der Waals surface area contributed by atoms with E-state index in [1.54, 1.807) is 60.7 Å². The summed E-state index contributed by atoms with van der Waals surface area (Å²) < 4.78 is 11.0. The van der Waals surface area contributed by atoms with Gasteiger partial charge in [-0.05, 0) is 77.9 Å². The zero-order chi connectivity index (χ0) is 26.5. The second kappa shape index (κ2) is 11.7. The first-order chi connectivity index (χ1) is 17.7. The number of amides is 3. The predicted molar refractivity (Wildman–Crippen MR) is 146 cm³/mol. The molecule has 3 aromatic rings. The molecule has 0 radical (unpaired) electrons. The van der Waals surface area contributed by atoms with Gasteiger partial charge in [0.15, 0.2) is 18.1 Å². The molecule has 0 bridgehead atoms. The van der Waals surface area contributed by atoms with Gasteiger partial charge in [-0.1, -0.05) is 47.5 Å². The third-order valence-electron chi connectivity index (χ3n) is 5.43. The highest BCUT2D eigenvalue weighted by Gasteiger charge is 2.35. The van der Waals surface area contributed by atoms with Crippen LogP contribution in [0.5, 0.6) is 11.5 Å². The standard InChI is InChI=1S/C27H22Cl2N2O5S/c1-16-3-9-20(13-21(16)29)30-25(32)15-36-22-10-6-18(11-23(22)35-2)12-24-26(33)31(27(34)37-24)14-17-4-7-19(28)8-5-17/h3-13H,14-15H2,1-2H3,(H,30,32)/b24-12-. The number of benzene rings is 3. The molecule has 1 N–H and O–H groups in total. The van der Waals surface area contributed by atoms with Crippen molar-refractivity contribution in [3.63, 3.8) is 0 Å². The number of hydrogen-bond donors (Lipinski definition) is 1. The fourth-order valence-corrected chi connectivity index (χ4v) is 4.61. The number of nitrogens with zero attached hydrogens (tertiary/aromatic N) is 1. The molecular formula is C27H22Cl2N2O5S. The van der Waals surface area contributed by atoms with Crippen LogP contribution in [0.3, 0.4) is 0 Å². The van der Waals surface area contributed by atoms with E-state index in [0.29, 0.717) is 37.7 Å². The number of thioether (sulfide) groups is 1. The van der Waals surface area contributed by atoms with Gasteiger partial charge in [0.2, 0.25) is 0 Å². The first kappa shape index (κ1) is 26.6. The highest BCUT2D eigenvalue weighted by Crippen LogP contribution is 2.35. The third kappa shape index (κ3) is 6.65. The number of halogens is 2. The number of methoxy groups -OCH3 is 1. The fourth-order valence-electron chi connectivity index (χ4n) is 3.46. The summed E-state index contributed by atoms with van der Waals surface area (Å²) >= 11 is 12.9. The minimum absolute atomic E-state index is 0.159. The summed E-state index contributed by atoms with van der Waals surface area (Å²) in [5.41, 5.74) is 2.91. The van der Waals surface area contributed by atoms with Gasteiger partial charge in [-0.3, -0.25) is 19.3 Å². The number of ether oxygens (including phenoxy) is 2. The van der Waals surface area contributed by atoms with Gasteiger partial charge in [0.25, 0.3) is 17.1 Å². The minimum Gasteiger partial charge on any atom is -0.493 e. The van der Waals surface area contributed by atoms with Crippen molar-refractivity contribution >= 4 is 63.8 Å². The van der Waals surface area contributed by atoms with E-state index in [-0.39, 0.29) is 30.2 Å². The number of imide groups is 1. The Morgan fingerprint density at radius 2 is 1.78 bits per heavy atom. The molecule has 190 valence electrons. The highest BCUT2D eigenvalue weighted by atomic mass is 35.5. The summed E-state index contributed by atoms with van der Waals surface area (Å²) in [7, 11) is 1.47. The topological polar surface area (TPSA) is 84.9 Å². The monoisotopic (exact) mass is 556 g/mol. The molecule has 3 aromatic carbocycles. The van der Waals surface area contributed by atoms with Crippen LogP contribution in [0.1, 0.15) is 16.7 Å². The molecule has 10 heteroatoms. The van der Waals surface area contributed by atoms with Gasteiger partial charge in [-0.25, -0.2) is 0 Å². The van der Waals surface area contributed by atoms with Crippen LogP contribution in [0.25, 0.3) is 6.08 Å². The van der Waals surface area contributed by atoms with Gasteiger partial charge in [0.1, 0.15) is 0 Å². The summed E-state index contributed by atoms with van der Waals surface area (Å²) in [5.74, 6) is -0.00885. The van der Waals surface area contributed by atoms with Crippen LogP contribution in [-0.2, 0) is 16.1 Å². The van der Waals surface area contributed by atoms with Crippen LogP contribution in [-0.4, -0.2) is 35.7 Å². The molecule has 1 saturated heterocycles.